The smallest absolute Gasteiger partial charge is 0.140 e. The van der Waals surface area contributed by atoms with E-state index in [-0.39, 0.29) is 0 Å². The van der Waals surface area contributed by atoms with Gasteiger partial charge in [0.2, 0.25) is 0 Å². The molecule has 0 spiro atoms. The summed E-state index contributed by atoms with van der Waals surface area (Å²) in [5.74, 6) is 1.63. The third kappa shape index (κ3) is 3.00. The molecule has 1 saturated heterocycles. The van der Waals surface area contributed by atoms with Crippen LogP contribution in [0.5, 0.6) is 0 Å². The summed E-state index contributed by atoms with van der Waals surface area (Å²) >= 11 is 0. The van der Waals surface area contributed by atoms with E-state index in [0.717, 1.165) is 36.0 Å². The number of aryl methyl sites for hydroxylation is 1. The predicted octanol–water partition coefficient (Wildman–Crippen LogP) is 2.37. The maximum absolute atomic E-state index is 11.0. The molecule has 1 aromatic carbocycles. The van der Waals surface area contributed by atoms with Crippen molar-refractivity contribution in [1.82, 2.24) is 19.5 Å². The molecule has 1 N–H and O–H groups in total. The van der Waals surface area contributed by atoms with Crippen LogP contribution in [0.1, 0.15) is 18.7 Å². The van der Waals surface area contributed by atoms with Gasteiger partial charge in [-0.3, -0.25) is 0 Å². The maximum atomic E-state index is 11.0. The highest BCUT2D eigenvalue weighted by atomic mass is 16.3. The Labute approximate surface area is 146 Å². The molecule has 6 heteroatoms. The van der Waals surface area contributed by atoms with Gasteiger partial charge in [0.05, 0.1) is 5.69 Å². The minimum Gasteiger partial charge on any atom is -0.382 e. The normalized spacial score (nSPS) is 16.8. The van der Waals surface area contributed by atoms with Crippen molar-refractivity contribution < 1.29 is 5.11 Å². The van der Waals surface area contributed by atoms with Crippen molar-refractivity contribution in [3.05, 3.63) is 60.9 Å². The summed E-state index contributed by atoms with van der Waals surface area (Å²) in [6.07, 6.45) is 6.47. The van der Waals surface area contributed by atoms with Gasteiger partial charge < -0.3 is 14.6 Å². The van der Waals surface area contributed by atoms with Crippen LogP contribution in [0.3, 0.4) is 0 Å². The number of imidazole rings is 1. The number of anilines is 1. The number of benzene rings is 1. The number of aromatic nitrogens is 4. The lowest BCUT2D eigenvalue weighted by Crippen LogP contribution is -2.44. The second kappa shape index (κ2) is 6.29. The highest BCUT2D eigenvalue weighted by Gasteiger charge is 2.37. The molecule has 0 unspecified atom stereocenters. The summed E-state index contributed by atoms with van der Waals surface area (Å²) < 4.78 is 1.90. The average molecular weight is 335 g/mol. The quantitative estimate of drug-likeness (QED) is 0.796. The molecule has 0 amide bonds. The van der Waals surface area contributed by atoms with Crippen LogP contribution in [-0.2, 0) is 12.6 Å². The number of piperidine rings is 1. The van der Waals surface area contributed by atoms with Crippen LogP contribution in [0.4, 0.5) is 5.82 Å². The topological polar surface area (TPSA) is 67.1 Å². The van der Waals surface area contributed by atoms with Crippen LogP contribution in [0.25, 0.3) is 11.3 Å². The number of rotatable bonds is 3. The Morgan fingerprint density at radius 1 is 1.04 bits per heavy atom. The molecule has 0 bridgehead atoms. The molecular formula is C19H21N5O. The molecular weight excluding hydrogens is 314 g/mol. The highest BCUT2D eigenvalue weighted by Crippen LogP contribution is 2.33. The second-order valence-electron chi connectivity index (χ2n) is 6.51. The molecule has 0 radical (unpaired) electrons. The number of hydrogen-bond acceptors (Lipinski definition) is 5. The fraction of sp³-hybridized carbons (Fsp3) is 0.316. The zero-order valence-electron chi connectivity index (χ0n) is 14.2. The molecule has 0 aliphatic carbocycles. The fourth-order valence-corrected chi connectivity index (χ4v) is 3.43. The van der Waals surface area contributed by atoms with Crippen LogP contribution in [0, 0.1) is 0 Å². The Balaban J connectivity index is 1.53. The van der Waals surface area contributed by atoms with Crippen molar-refractivity contribution in [2.24, 2.45) is 7.05 Å². The van der Waals surface area contributed by atoms with Gasteiger partial charge in [0.25, 0.3) is 0 Å². The Morgan fingerprint density at radius 2 is 1.80 bits per heavy atom. The van der Waals surface area contributed by atoms with E-state index in [1.807, 2.05) is 54.2 Å². The van der Waals surface area contributed by atoms with Crippen molar-refractivity contribution in [3.8, 4) is 11.3 Å². The van der Waals surface area contributed by atoms with Crippen molar-refractivity contribution in [1.29, 1.82) is 0 Å². The van der Waals surface area contributed by atoms with E-state index in [0.29, 0.717) is 12.8 Å². The Kier molecular flexibility index (Phi) is 3.97. The zero-order chi connectivity index (χ0) is 17.3. The van der Waals surface area contributed by atoms with Gasteiger partial charge in [-0.15, -0.1) is 0 Å². The van der Waals surface area contributed by atoms with Gasteiger partial charge in [-0.25, -0.2) is 15.0 Å². The van der Waals surface area contributed by atoms with Gasteiger partial charge in [0, 0.05) is 57.0 Å². The lowest BCUT2D eigenvalue weighted by atomic mass is 9.90. The highest BCUT2D eigenvalue weighted by molar-refractivity contribution is 5.62. The molecule has 25 heavy (non-hydrogen) atoms. The molecule has 3 heterocycles. The second-order valence-corrected chi connectivity index (χ2v) is 6.51. The van der Waals surface area contributed by atoms with E-state index in [2.05, 4.69) is 19.9 Å². The van der Waals surface area contributed by atoms with Gasteiger partial charge >= 0.3 is 0 Å². The lowest BCUT2D eigenvalue weighted by molar-refractivity contribution is 0.000671. The van der Waals surface area contributed by atoms with Gasteiger partial charge in [-0.2, -0.15) is 0 Å². The first-order chi connectivity index (χ1) is 12.2. The van der Waals surface area contributed by atoms with Gasteiger partial charge in [-0.1, -0.05) is 30.3 Å². The first-order valence-corrected chi connectivity index (χ1v) is 8.48. The third-order valence-electron chi connectivity index (χ3n) is 4.87. The van der Waals surface area contributed by atoms with Crippen LogP contribution in [-0.4, -0.2) is 37.7 Å². The van der Waals surface area contributed by atoms with Gasteiger partial charge in [0.1, 0.15) is 23.6 Å². The molecule has 0 atom stereocenters. The number of hydrogen-bond donors (Lipinski definition) is 1. The van der Waals surface area contributed by atoms with E-state index in [1.165, 1.54) is 0 Å². The van der Waals surface area contributed by atoms with E-state index in [4.69, 9.17) is 0 Å². The SMILES string of the molecule is Cn1ccnc1C1(O)CCN(c2cc(-c3ccccc3)ncn2)CC1. The summed E-state index contributed by atoms with van der Waals surface area (Å²) in [5.41, 5.74) is 1.12. The van der Waals surface area contributed by atoms with Gasteiger partial charge in [-0.05, 0) is 0 Å². The first kappa shape index (κ1) is 15.8. The first-order valence-electron chi connectivity index (χ1n) is 8.48. The zero-order valence-corrected chi connectivity index (χ0v) is 14.2. The largest absolute Gasteiger partial charge is 0.382 e. The Bertz CT molecular complexity index is 853. The van der Waals surface area contributed by atoms with E-state index >= 15 is 0 Å². The summed E-state index contributed by atoms with van der Waals surface area (Å²) in [4.78, 5) is 15.3. The summed E-state index contributed by atoms with van der Waals surface area (Å²) in [6.45, 7) is 1.46. The van der Waals surface area contributed by atoms with E-state index in [1.54, 1.807) is 12.5 Å². The number of nitrogens with zero attached hydrogens (tertiary/aromatic N) is 5. The summed E-state index contributed by atoms with van der Waals surface area (Å²) in [6, 6.07) is 12.1. The lowest BCUT2D eigenvalue weighted by Gasteiger charge is -2.38. The molecule has 6 nitrogen and oxygen atoms in total. The predicted molar refractivity (Wildman–Crippen MR) is 96.0 cm³/mol. The van der Waals surface area contributed by atoms with Crippen LogP contribution >= 0.6 is 0 Å². The fourth-order valence-electron chi connectivity index (χ4n) is 3.43. The van der Waals surface area contributed by atoms with Crippen molar-refractivity contribution >= 4 is 5.82 Å². The maximum Gasteiger partial charge on any atom is 0.140 e. The molecule has 1 fully saturated rings. The molecule has 128 valence electrons. The van der Waals surface area contributed by atoms with Gasteiger partial charge in [0.15, 0.2) is 0 Å². The summed E-state index contributed by atoms with van der Waals surface area (Å²) in [7, 11) is 1.92. The Morgan fingerprint density at radius 3 is 2.48 bits per heavy atom. The van der Waals surface area contributed by atoms with E-state index < -0.39 is 5.60 Å². The van der Waals surface area contributed by atoms with Crippen molar-refractivity contribution in [3.63, 3.8) is 0 Å². The average Bonchev–Trinajstić information content (AvgIpc) is 3.10. The molecule has 1 aliphatic heterocycles. The molecule has 4 rings (SSSR count). The van der Waals surface area contributed by atoms with Crippen molar-refractivity contribution in [2.75, 3.05) is 18.0 Å². The molecule has 1 aliphatic rings. The van der Waals surface area contributed by atoms with Crippen LogP contribution in [0.15, 0.2) is 55.1 Å². The van der Waals surface area contributed by atoms with Crippen molar-refractivity contribution in [2.45, 2.75) is 18.4 Å². The Hall–Kier alpha value is -2.73. The third-order valence-corrected chi connectivity index (χ3v) is 4.87. The monoisotopic (exact) mass is 335 g/mol. The number of aliphatic hydroxyl groups is 1. The molecule has 3 aromatic rings. The van der Waals surface area contributed by atoms with Crippen LogP contribution in [0.2, 0.25) is 0 Å². The summed E-state index contributed by atoms with van der Waals surface area (Å²) in [5, 5.41) is 11.0. The molecule has 2 aromatic heterocycles. The standard InChI is InChI=1S/C19H21N5O/c1-23-12-9-20-18(23)19(25)7-10-24(11-8-19)17-13-16(21-14-22-17)15-5-3-2-4-6-15/h2-6,9,12-14,25H,7-8,10-11H2,1H3. The van der Waals surface area contributed by atoms with Crippen LogP contribution < -0.4 is 4.90 Å². The minimum atomic E-state index is -0.871. The van der Waals surface area contributed by atoms with E-state index in [9.17, 15) is 5.11 Å². The minimum absolute atomic E-state index is 0.628. The molecule has 0 saturated carbocycles.